The molecule has 0 unspecified atom stereocenters. The highest BCUT2D eigenvalue weighted by atomic mass is 79.9. The van der Waals surface area contributed by atoms with Gasteiger partial charge < -0.3 is 4.90 Å². The molecule has 0 saturated heterocycles. The molecule has 0 aliphatic rings. The van der Waals surface area contributed by atoms with Crippen molar-refractivity contribution in [2.24, 2.45) is 0 Å². The minimum absolute atomic E-state index is 0.162. The zero-order chi connectivity index (χ0) is 13.7. The number of carbonyl (C=O) groups excluding carboxylic acids is 1. The van der Waals surface area contributed by atoms with Gasteiger partial charge in [-0.25, -0.2) is 4.98 Å². The lowest BCUT2D eigenvalue weighted by atomic mass is 10.2. The molecule has 3 nitrogen and oxygen atoms in total. The second-order valence-corrected chi connectivity index (χ2v) is 6.50. The Bertz CT molecular complexity index is 384. The number of hydrogen-bond acceptors (Lipinski definition) is 3. The van der Waals surface area contributed by atoms with Gasteiger partial charge in [-0.05, 0) is 55.8 Å². The molecule has 0 aliphatic heterocycles. The lowest BCUT2D eigenvalue weighted by Crippen LogP contribution is -2.43. The average molecular weight is 331 g/mol. The van der Waals surface area contributed by atoms with Crippen molar-refractivity contribution in [1.29, 1.82) is 0 Å². The van der Waals surface area contributed by atoms with Crippen LogP contribution in [0.15, 0.2) is 27.8 Å². The Morgan fingerprint density at radius 1 is 1.33 bits per heavy atom. The van der Waals surface area contributed by atoms with Crippen molar-refractivity contribution in [3.8, 4) is 0 Å². The third-order valence-corrected chi connectivity index (χ3v) is 3.84. The Balaban J connectivity index is 2.57. The van der Waals surface area contributed by atoms with E-state index in [9.17, 15) is 4.79 Å². The molecule has 5 heteroatoms. The van der Waals surface area contributed by atoms with Gasteiger partial charge in [0.2, 0.25) is 5.91 Å². The summed E-state index contributed by atoms with van der Waals surface area (Å²) in [6.07, 6.45) is 1.75. The second-order valence-electron chi connectivity index (χ2n) is 4.59. The fraction of sp³-hybridized carbons (Fsp3) is 0.538. The highest BCUT2D eigenvalue weighted by molar-refractivity contribution is 9.10. The average Bonchev–Trinajstić information content (AvgIpc) is 2.27. The van der Waals surface area contributed by atoms with Gasteiger partial charge in [0.15, 0.2) is 0 Å². The summed E-state index contributed by atoms with van der Waals surface area (Å²) in [4.78, 5) is 18.3. The van der Waals surface area contributed by atoms with Gasteiger partial charge in [-0.1, -0.05) is 11.8 Å². The fourth-order valence-corrected chi connectivity index (χ4v) is 2.78. The van der Waals surface area contributed by atoms with Gasteiger partial charge in [-0.15, -0.1) is 0 Å². The van der Waals surface area contributed by atoms with Crippen LogP contribution in [-0.2, 0) is 4.79 Å². The van der Waals surface area contributed by atoms with Crippen LogP contribution in [0.5, 0.6) is 0 Å². The first-order valence-electron chi connectivity index (χ1n) is 5.97. The van der Waals surface area contributed by atoms with Crippen LogP contribution in [-0.4, -0.2) is 33.6 Å². The first-order chi connectivity index (χ1) is 8.41. The van der Waals surface area contributed by atoms with E-state index in [1.165, 1.54) is 11.8 Å². The van der Waals surface area contributed by atoms with Gasteiger partial charge in [-0.2, -0.15) is 0 Å². The standard InChI is InChI=1S/C13H19BrN2OS/c1-9(2)16(10(3)4)13(17)8-18-12-6-5-11(14)7-15-12/h5-7,9-10H,8H2,1-4H3. The van der Waals surface area contributed by atoms with Gasteiger partial charge in [-0.3, -0.25) is 4.79 Å². The van der Waals surface area contributed by atoms with Crippen LogP contribution < -0.4 is 0 Å². The molecule has 1 rings (SSSR count). The SMILES string of the molecule is CC(C)N(C(=O)CSc1ccc(Br)cn1)C(C)C. The van der Waals surface area contributed by atoms with Gasteiger partial charge in [0, 0.05) is 22.8 Å². The molecule has 1 aromatic heterocycles. The predicted molar refractivity (Wildman–Crippen MR) is 79.8 cm³/mol. The van der Waals surface area contributed by atoms with E-state index in [1.807, 2.05) is 44.7 Å². The summed E-state index contributed by atoms with van der Waals surface area (Å²) in [6, 6.07) is 4.31. The summed E-state index contributed by atoms with van der Waals surface area (Å²) >= 11 is 4.82. The Morgan fingerprint density at radius 3 is 2.39 bits per heavy atom. The van der Waals surface area contributed by atoms with E-state index in [0.29, 0.717) is 5.75 Å². The second kappa shape index (κ2) is 7.14. The van der Waals surface area contributed by atoms with Crippen molar-refractivity contribution in [1.82, 2.24) is 9.88 Å². The summed E-state index contributed by atoms with van der Waals surface area (Å²) in [5, 5.41) is 0.874. The molecule has 0 fully saturated rings. The molecule has 0 atom stereocenters. The number of carbonyl (C=O) groups is 1. The molecule has 0 bridgehead atoms. The van der Waals surface area contributed by atoms with Gasteiger partial charge >= 0.3 is 0 Å². The lowest BCUT2D eigenvalue weighted by molar-refractivity contribution is -0.131. The van der Waals surface area contributed by atoms with Crippen LogP contribution in [0.2, 0.25) is 0 Å². The van der Waals surface area contributed by atoms with Crippen molar-refractivity contribution in [3.05, 3.63) is 22.8 Å². The number of hydrogen-bond donors (Lipinski definition) is 0. The number of halogens is 1. The number of aromatic nitrogens is 1. The van der Waals surface area contributed by atoms with Gasteiger partial charge in [0.25, 0.3) is 0 Å². The highest BCUT2D eigenvalue weighted by Crippen LogP contribution is 2.19. The zero-order valence-electron chi connectivity index (χ0n) is 11.2. The Morgan fingerprint density at radius 2 is 1.94 bits per heavy atom. The van der Waals surface area contributed by atoms with E-state index in [0.717, 1.165) is 9.50 Å². The Labute approximate surface area is 121 Å². The molecule has 100 valence electrons. The maximum Gasteiger partial charge on any atom is 0.233 e. The van der Waals surface area contributed by atoms with Crippen LogP contribution in [0, 0.1) is 0 Å². The molecule has 0 aliphatic carbocycles. The highest BCUT2D eigenvalue weighted by Gasteiger charge is 2.19. The number of thioether (sulfide) groups is 1. The minimum atomic E-state index is 0.162. The van der Waals surface area contributed by atoms with Crippen LogP contribution in [0.25, 0.3) is 0 Å². The van der Waals surface area contributed by atoms with Crippen molar-refractivity contribution in [2.75, 3.05) is 5.75 Å². The molecule has 0 radical (unpaired) electrons. The molecule has 0 aromatic carbocycles. The van der Waals surface area contributed by atoms with E-state index in [2.05, 4.69) is 20.9 Å². The lowest BCUT2D eigenvalue weighted by Gasteiger charge is -2.30. The monoisotopic (exact) mass is 330 g/mol. The van der Waals surface area contributed by atoms with Crippen molar-refractivity contribution in [2.45, 2.75) is 44.8 Å². The summed E-state index contributed by atoms with van der Waals surface area (Å²) in [5.41, 5.74) is 0. The molecule has 1 amide bonds. The van der Waals surface area contributed by atoms with Crippen molar-refractivity contribution in [3.63, 3.8) is 0 Å². The predicted octanol–water partition coefficient (Wildman–Crippen LogP) is 3.58. The molecular formula is C13H19BrN2OS. The Kier molecular flexibility index (Phi) is 6.15. The summed E-state index contributed by atoms with van der Waals surface area (Å²) in [5.74, 6) is 0.597. The van der Waals surface area contributed by atoms with E-state index < -0.39 is 0 Å². The molecule has 0 spiro atoms. The first-order valence-corrected chi connectivity index (χ1v) is 7.75. The summed E-state index contributed by atoms with van der Waals surface area (Å²) in [7, 11) is 0. The van der Waals surface area contributed by atoms with E-state index in [-0.39, 0.29) is 18.0 Å². The fourth-order valence-electron chi connectivity index (χ4n) is 1.83. The molecule has 1 aromatic rings. The Hall–Kier alpha value is -0.550. The molecule has 1 heterocycles. The van der Waals surface area contributed by atoms with Crippen molar-refractivity contribution >= 4 is 33.6 Å². The topological polar surface area (TPSA) is 33.2 Å². The number of rotatable bonds is 5. The first kappa shape index (κ1) is 15.5. The summed E-state index contributed by atoms with van der Waals surface area (Å²) < 4.78 is 0.948. The molecule has 0 N–H and O–H groups in total. The largest absolute Gasteiger partial charge is 0.337 e. The number of amides is 1. The van der Waals surface area contributed by atoms with Gasteiger partial charge in [0.05, 0.1) is 10.8 Å². The zero-order valence-corrected chi connectivity index (χ0v) is 13.6. The minimum Gasteiger partial charge on any atom is -0.337 e. The van der Waals surface area contributed by atoms with E-state index >= 15 is 0 Å². The maximum atomic E-state index is 12.1. The third-order valence-electron chi connectivity index (χ3n) is 2.44. The smallest absolute Gasteiger partial charge is 0.233 e. The van der Waals surface area contributed by atoms with Crippen molar-refractivity contribution < 1.29 is 4.79 Å². The molecule has 18 heavy (non-hydrogen) atoms. The van der Waals surface area contributed by atoms with E-state index in [1.54, 1.807) is 6.20 Å². The molecule has 0 saturated carbocycles. The van der Waals surface area contributed by atoms with Crippen LogP contribution in [0.4, 0.5) is 0 Å². The van der Waals surface area contributed by atoms with Gasteiger partial charge in [0.1, 0.15) is 0 Å². The number of pyridine rings is 1. The quantitative estimate of drug-likeness (QED) is 0.773. The van der Waals surface area contributed by atoms with Crippen LogP contribution >= 0.6 is 27.7 Å². The summed E-state index contributed by atoms with van der Waals surface area (Å²) in [6.45, 7) is 8.17. The third kappa shape index (κ3) is 4.61. The van der Waals surface area contributed by atoms with Crippen LogP contribution in [0.3, 0.4) is 0 Å². The normalized spacial score (nSPS) is 11.1. The van der Waals surface area contributed by atoms with Crippen LogP contribution in [0.1, 0.15) is 27.7 Å². The molecular weight excluding hydrogens is 312 g/mol. The van der Waals surface area contributed by atoms with E-state index in [4.69, 9.17) is 0 Å². The number of nitrogens with zero attached hydrogens (tertiary/aromatic N) is 2. The maximum absolute atomic E-state index is 12.1.